The molecule has 0 fully saturated rings. The molecule has 10 heavy (non-hydrogen) atoms. The third-order valence-electron chi connectivity index (χ3n) is 0.987. The highest BCUT2D eigenvalue weighted by Gasteiger charge is 1.99. The first-order valence-corrected chi connectivity index (χ1v) is 3.10. The number of carbonyl (C=O) groups is 1. The first-order chi connectivity index (χ1) is 4.70. The number of pyridine rings is 1. The Balaban J connectivity index is 3.07. The number of thiol groups is 1. The van der Waals surface area contributed by atoms with Gasteiger partial charge in [-0.25, -0.2) is 4.98 Å². The van der Waals surface area contributed by atoms with Gasteiger partial charge >= 0.3 is 0 Å². The van der Waals surface area contributed by atoms with E-state index in [1.54, 1.807) is 18.2 Å². The second kappa shape index (κ2) is 2.70. The van der Waals surface area contributed by atoms with Gasteiger partial charge in [-0.2, -0.15) is 0 Å². The highest BCUT2D eigenvalue weighted by molar-refractivity contribution is 7.80. The summed E-state index contributed by atoms with van der Waals surface area (Å²) in [4.78, 5) is 14.2. The molecule has 0 bridgehead atoms. The molecule has 0 aromatic carbocycles. The first-order valence-electron chi connectivity index (χ1n) is 2.66. The molecule has 0 aliphatic carbocycles. The van der Waals surface area contributed by atoms with E-state index in [2.05, 4.69) is 17.6 Å². The van der Waals surface area contributed by atoms with E-state index in [9.17, 15) is 4.79 Å². The van der Waals surface area contributed by atoms with Gasteiger partial charge in [0.05, 0.1) is 5.03 Å². The van der Waals surface area contributed by atoms with Crippen LogP contribution in [0.1, 0.15) is 10.5 Å². The van der Waals surface area contributed by atoms with E-state index in [0.717, 1.165) is 0 Å². The molecule has 52 valence electrons. The van der Waals surface area contributed by atoms with Gasteiger partial charge in [0.15, 0.2) is 0 Å². The lowest BCUT2D eigenvalue weighted by molar-refractivity contribution is 0.0995. The average Bonchev–Trinajstić information content (AvgIpc) is 1.88. The van der Waals surface area contributed by atoms with E-state index in [1.165, 1.54) is 0 Å². The Bertz CT molecular complexity index is 262. The molecule has 0 aliphatic heterocycles. The van der Waals surface area contributed by atoms with Gasteiger partial charge in [-0.05, 0) is 12.1 Å². The number of rotatable bonds is 1. The van der Waals surface area contributed by atoms with Gasteiger partial charge in [0, 0.05) is 0 Å². The van der Waals surface area contributed by atoms with Crippen LogP contribution in [0.4, 0.5) is 0 Å². The lowest BCUT2D eigenvalue weighted by atomic mass is 10.3. The van der Waals surface area contributed by atoms with Crippen LogP contribution in [0.5, 0.6) is 0 Å². The van der Waals surface area contributed by atoms with E-state index in [4.69, 9.17) is 5.73 Å². The van der Waals surface area contributed by atoms with Crippen LogP contribution in [0.3, 0.4) is 0 Å². The normalized spacial score (nSPS) is 9.30. The molecular weight excluding hydrogens is 148 g/mol. The summed E-state index contributed by atoms with van der Waals surface area (Å²) in [6.45, 7) is 0. The molecule has 0 radical (unpaired) electrons. The summed E-state index contributed by atoms with van der Waals surface area (Å²) in [5.74, 6) is -0.532. The fourth-order valence-electron chi connectivity index (χ4n) is 0.561. The SMILES string of the molecule is NC(=O)c1cccc(S)n1. The van der Waals surface area contributed by atoms with Gasteiger partial charge in [0.25, 0.3) is 5.91 Å². The minimum atomic E-state index is -0.532. The van der Waals surface area contributed by atoms with Gasteiger partial charge in [0.1, 0.15) is 5.69 Å². The van der Waals surface area contributed by atoms with Crippen molar-refractivity contribution < 1.29 is 4.79 Å². The monoisotopic (exact) mass is 154 g/mol. The molecule has 0 unspecified atom stereocenters. The van der Waals surface area contributed by atoms with Crippen molar-refractivity contribution in [1.82, 2.24) is 4.98 Å². The van der Waals surface area contributed by atoms with E-state index in [0.29, 0.717) is 5.03 Å². The van der Waals surface area contributed by atoms with Gasteiger partial charge in [-0.15, -0.1) is 12.6 Å². The number of nitrogens with zero attached hydrogens (tertiary/aromatic N) is 1. The molecule has 1 aromatic rings. The van der Waals surface area contributed by atoms with Crippen molar-refractivity contribution in [3.8, 4) is 0 Å². The second-order valence-corrected chi connectivity index (χ2v) is 2.20. The maximum Gasteiger partial charge on any atom is 0.267 e. The number of hydrogen-bond acceptors (Lipinski definition) is 3. The van der Waals surface area contributed by atoms with Crippen LogP contribution in [0, 0.1) is 0 Å². The third kappa shape index (κ3) is 1.48. The molecule has 0 saturated heterocycles. The molecule has 1 rings (SSSR count). The zero-order chi connectivity index (χ0) is 7.56. The molecule has 0 atom stereocenters. The number of aromatic nitrogens is 1. The predicted molar refractivity (Wildman–Crippen MR) is 40.0 cm³/mol. The number of carbonyl (C=O) groups excluding carboxylic acids is 1. The highest BCUT2D eigenvalue weighted by Crippen LogP contribution is 2.01. The Hall–Kier alpha value is -1.03. The minimum absolute atomic E-state index is 0.243. The summed E-state index contributed by atoms with van der Waals surface area (Å²) < 4.78 is 0. The Kier molecular flexibility index (Phi) is 1.91. The van der Waals surface area contributed by atoms with E-state index in [-0.39, 0.29) is 5.69 Å². The van der Waals surface area contributed by atoms with Gasteiger partial charge < -0.3 is 5.73 Å². The van der Waals surface area contributed by atoms with Crippen molar-refractivity contribution in [2.75, 3.05) is 0 Å². The molecule has 0 spiro atoms. The van der Waals surface area contributed by atoms with Crippen molar-refractivity contribution >= 4 is 18.5 Å². The van der Waals surface area contributed by atoms with Gasteiger partial charge in [-0.3, -0.25) is 4.79 Å². The van der Waals surface area contributed by atoms with Crippen LogP contribution < -0.4 is 5.73 Å². The largest absolute Gasteiger partial charge is 0.364 e. The molecule has 2 N–H and O–H groups in total. The number of hydrogen-bond donors (Lipinski definition) is 2. The van der Waals surface area contributed by atoms with Crippen LogP contribution >= 0.6 is 12.6 Å². The summed E-state index contributed by atoms with van der Waals surface area (Å²) in [6.07, 6.45) is 0. The number of primary amides is 1. The Morgan fingerprint density at radius 3 is 2.70 bits per heavy atom. The topological polar surface area (TPSA) is 56.0 Å². The van der Waals surface area contributed by atoms with Crippen LogP contribution in [-0.2, 0) is 0 Å². The molecular formula is C6H6N2OS. The molecule has 1 heterocycles. The lowest BCUT2D eigenvalue weighted by Gasteiger charge is -1.93. The molecule has 1 amide bonds. The fourth-order valence-corrected chi connectivity index (χ4v) is 0.754. The van der Waals surface area contributed by atoms with Crippen LogP contribution in [0.15, 0.2) is 23.2 Å². The van der Waals surface area contributed by atoms with Gasteiger partial charge in [0.2, 0.25) is 0 Å². The Morgan fingerprint density at radius 1 is 1.60 bits per heavy atom. The number of nitrogens with two attached hydrogens (primary N) is 1. The third-order valence-corrected chi connectivity index (χ3v) is 1.24. The summed E-state index contributed by atoms with van der Waals surface area (Å²) in [6, 6.07) is 4.90. The molecule has 1 aromatic heterocycles. The molecule has 4 heteroatoms. The van der Waals surface area contributed by atoms with Crippen LogP contribution in [-0.4, -0.2) is 10.9 Å². The standard InChI is InChI=1S/C6H6N2OS/c7-6(9)4-2-1-3-5(10)8-4/h1-3H,(H2,7,9)(H,8,10). The van der Waals surface area contributed by atoms with Crippen LogP contribution in [0.2, 0.25) is 0 Å². The zero-order valence-electron chi connectivity index (χ0n) is 5.11. The molecule has 0 aliphatic rings. The van der Waals surface area contributed by atoms with E-state index < -0.39 is 5.91 Å². The second-order valence-electron chi connectivity index (χ2n) is 1.75. The van der Waals surface area contributed by atoms with Crippen molar-refractivity contribution in [2.45, 2.75) is 5.03 Å². The quantitative estimate of drug-likeness (QED) is 0.578. The van der Waals surface area contributed by atoms with Crippen molar-refractivity contribution in [3.05, 3.63) is 23.9 Å². The van der Waals surface area contributed by atoms with Crippen molar-refractivity contribution in [2.24, 2.45) is 5.73 Å². The zero-order valence-corrected chi connectivity index (χ0v) is 6.01. The highest BCUT2D eigenvalue weighted by atomic mass is 32.1. The van der Waals surface area contributed by atoms with Gasteiger partial charge in [-0.1, -0.05) is 6.07 Å². The smallest absolute Gasteiger partial charge is 0.267 e. The van der Waals surface area contributed by atoms with E-state index in [1.807, 2.05) is 0 Å². The van der Waals surface area contributed by atoms with Crippen LogP contribution in [0.25, 0.3) is 0 Å². The summed E-state index contributed by atoms with van der Waals surface area (Å²) >= 11 is 3.93. The average molecular weight is 154 g/mol. The fraction of sp³-hybridized carbons (Fsp3) is 0. The predicted octanol–water partition coefficient (Wildman–Crippen LogP) is 0.469. The van der Waals surface area contributed by atoms with Crippen molar-refractivity contribution in [3.63, 3.8) is 0 Å². The Morgan fingerprint density at radius 2 is 2.30 bits per heavy atom. The number of amides is 1. The summed E-state index contributed by atoms with van der Waals surface area (Å²) in [5, 5.41) is 0.497. The molecule has 3 nitrogen and oxygen atoms in total. The Labute approximate surface area is 63.7 Å². The lowest BCUT2D eigenvalue weighted by Crippen LogP contribution is -2.12. The summed E-state index contributed by atoms with van der Waals surface area (Å²) in [5.41, 5.74) is 5.19. The minimum Gasteiger partial charge on any atom is -0.364 e. The molecule has 0 saturated carbocycles. The van der Waals surface area contributed by atoms with Crippen molar-refractivity contribution in [1.29, 1.82) is 0 Å². The first kappa shape index (κ1) is 7.08. The van der Waals surface area contributed by atoms with E-state index >= 15 is 0 Å². The summed E-state index contributed by atoms with van der Waals surface area (Å²) in [7, 11) is 0. The maximum atomic E-state index is 10.5. The maximum absolute atomic E-state index is 10.5.